The summed E-state index contributed by atoms with van der Waals surface area (Å²) >= 11 is 1.32. The van der Waals surface area contributed by atoms with Crippen LogP contribution in [0.5, 0.6) is 5.75 Å². The van der Waals surface area contributed by atoms with E-state index in [1.54, 1.807) is 36.6 Å². The number of amides is 2. The van der Waals surface area contributed by atoms with E-state index in [-0.39, 0.29) is 11.8 Å². The summed E-state index contributed by atoms with van der Waals surface area (Å²) in [4.78, 5) is 28.2. The van der Waals surface area contributed by atoms with Crippen molar-refractivity contribution in [1.82, 2.24) is 0 Å². The molecule has 6 heteroatoms. The van der Waals surface area contributed by atoms with Gasteiger partial charge in [0.15, 0.2) is 0 Å². The van der Waals surface area contributed by atoms with Gasteiger partial charge in [-0.2, -0.15) is 0 Å². The summed E-state index contributed by atoms with van der Waals surface area (Å²) in [7, 11) is 0. The van der Waals surface area contributed by atoms with Crippen LogP contribution in [0.3, 0.4) is 0 Å². The molecule has 0 unspecified atom stereocenters. The number of imide groups is 1. The fraction of sp³-hybridized carbons (Fsp3) is 0.130. The maximum Gasteiger partial charge on any atom is 0.272 e. The average molecular weight is 405 g/mol. The maximum absolute atomic E-state index is 13.3. The third-order valence-electron chi connectivity index (χ3n) is 4.45. The molecule has 2 aromatic carbocycles. The fourth-order valence-electron chi connectivity index (χ4n) is 3.13. The standard InChI is InChI=1S/C23H19NO4S/c1-2-27-18-12-10-17(11-13-18)24-22(25)20(16-7-4-3-5-8-16)21(23(24)26)29-15-19-9-6-14-28-19/h3-14H,2,15H2,1H3. The minimum atomic E-state index is -0.327. The van der Waals surface area contributed by atoms with Gasteiger partial charge in [0.2, 0.25) is 0 Å². The molecule has 0 spiro atoms. The Labute approximate surface area is 173 Å². The van der Waals surface area contributed by atoms with Gasteiger partial charge in [-0.1, -0.05) is 30.3 Å². The Kier molecular flexibility index (Phi) is 5.53. The van der Waals surface area contributed by atoms with E-state index >= 15 is 0 Å². The second-order valence-electron chi connectivity index (χ2n) is 6.31. The molecule has 0 saturated heterocycles. The first kappa shape index (κ1) is 19.1. The molecule has 146 valence electrons. The molecule has 0 N–H and O–H groups in total. The van der Waals surface area contributed by atoms with Crippen molar-refractivity contribution in [2.45, 2.75) is 12.7 Å². The van der Waals surface area contributed by atoms with Crippen LogP contribution in [0, 0.1) is 0 Å². The summed E-state index contributed by atoms with van der Waals surface area (Å²) in [5, 5.41) is 0. The molecule has 1 aromatic heterocycles. The zero-order valence-corrected chi connectivity index (χ0v) is 16.6. The fourth-order valence-corrected chi connectivity index (χ4v) is 4.15. The van der Waals surface area contributed by atoms with E-state index < -0.39 is 0 Å². The zero-order valence-electron chi connectivity index (χ0n) is 15.8. The Morgan fingerprint density at radius 2 is 1.69 bits per heavy atom. The first-order chi connectivity index (χ1) is 14.2. The number of nitrogens with zero attached hydrogens (tertiary/aromatic N) is 1. The smallest absolute Gasteiger partial charge is 0.272 e. The van der Waals surface area contributed by atoms with E-state index in [0.717, 1.165) is 11.3 Å². The number of thioether (sulfide) groups is 1. The molecular formula is C23H19NO4S. The minimum Gasteiger partial charge on any atom is -0.494 e. The van der Waals surface area contributed by atoms with Crippen molar-refractivity contribution < 1.29 is 18.7 Å². The summed E-state index contributed by atoms with van der Waals surface area (Å²) in [5.74, 6) is 1.25. The predicted octanol–water partition coefficient (Wildman–Crippen LogP) is 4.90. The van der Waals surface area contributed by atoms with Crippen molar-refractivity contribution in [2.75, 3.05) is 11.5 Å². The highest BCUT2D eigenvalue weighted by Gasteiger charge is 2.40. The van der Waals surface area contributed by atoms with Crippen molar-refractivity contribution in [3.8, 4) is 5.75 Å². The van der Waals surface area contributed by atoms with Crippen LogP contribution in [-0.2, 0) is 15.3 Å². The van der Waals surface area contributed by atoms with Crippen LogP contribution in [0.25, 0.3) is 5.57 Å². The summed E-state index contributed by atoms with van der Waals surface area (Å²) in [6, 6.07) is 19.9. The Balaban J connectivity index is 1.69. The van der Waals surface area contributed by atoms with Gasteiger partial charge in [-0.25, -0.2) is 4.90 Å². The lowest BCUT2D eigenvalue weighted by molar-refractivity contribution is -0.119. The van der Waals surface area contributed by atoms with E-state index in [0.29, 0.717) is 34.3 Å². The van der Waals surface area contributed by atoms with E-state index in [1.807, 2.05) is 43.3 Å². The molecule has 3 aromatic rings. The molecule has 1 aliphatic heterocycles. The van der Waals surface area contributed by atoms with Crippen molar-refractivity contribution in [2.24, 2.45) is 0 Å². The van der Waals surface area contributed by atoms with Crippen LogP contribution in [-0.4, -0.2) is 18.4 Å². The van der Waals surface area contributed by atoms with E-state index in [1.165, 1.54) is 16.7 Å². The number of furan rings is 1. The highest BCUT2D eigenvalue weighted by atomic mass is 32.2. The van der Waals surface area contributed by atoms with Crippen LogP contribution in [0.2, 0.25) is 0 Å². The SMILES string of the molecule is CCOc1ccc(N2C(=O)C(SCc3ccco3)=C(c3ccccc3)C2=O)cc1. The molecule has 4 rings (SSSR count). The van der Waals surface area contributed by atoms with Crippen molar-refractivity contribution >= 4 is 34.8 Å². The number of benzene rings is 2. The molecule has 0 aliphatic carbocycles. The van der Waals surface area contributed by atoms with Crippen LogP contribution < -0.4 is 9.64 Å². The van der Waals surface area contributed by atoms with Crippen LogP contribution in [0.4, 0.5) is 5.69 Å². The third kappa shape index (κ3) is 3.84. The zero-order chi connectivity index (χ0) is 20.2. The lowest BCUT2D eigenvalue weighted by atomic mass is 10.1. The first-order valence-corrected chi connectivity index (χ1v) is 10.2. The van der Waals surface area contributed by atoms with Gasteiger partial charge in [0.05, 0.1) is 34.8 Å². The van der Waals surface area contributed by atoms with Gasteiger partial charge in [0, 0.05) is 0 Å². The van der Waals surface area contributed by atoms with Crippen LogP contribution >= 0.6 is 11.8 Å². The summed E-state index contributed by atoms with van der Waals surface area (Å²) < 4.78 is 10.8. The lowest BCUT2D eigenvalue weighted by Crippen LogP contribution is -2.31. The normalized spacial score (nSPS) is 14.0. The minimum absolute atomic E-state index is 0.324. The van der Waals surface area contributed by atoms with Gasteiger partial charge < -0.3 is 9.15 Å². The van der Waals surface area contributed by atoms with Gasteiger partial charge in [-0.15, -0.1) is 11.8 Å². The number of rotatable bonds is 7. The van der Waals surface area contributed by atoms with E-state index in [2.05, 4.69) is 0 Å². The Hall–Kier alpha value is -3.25. The largest absolute Gasteiger partial charge is 0.494 e. The highest BCUT2D eigenvalue weighted by molar-refractivity contribution is 8.03. The summed E-state index contributed by atoms with van der Waals surface area (Å²) in [6.45, 7) is 2.45. The average Bonchev–Trinajstić information content (AvgIpc) is 3.34. The lowest BCUT2D eigenvalue weighted by Gasteiger charge is -2.15. The molecule has 0 saturated carbocycles. The second kappa shape index (κ2) is 8.41. The Morgan fingerprint density at radius 1 is 0.931 bits per heavy atom. The topological polar surface area (TPSA) is 59.8 Å². The molecule has 0 radical (unpaired) electrons. The van der Waals surface area contributed by atoms with Gasteiger partial charge in [0.25, 0.3) is 11.8 Å². The first-order valence-electron chi connectivity index (χ1n) is 9.25. The number of anilines is 1. The van der Waals surface area contributed by atoms with Crippen LogP contribution in [0.1, 0.15) is 18.2 Å². The van der Waals surface area contributed by atoms with Crippen molar-refractivity contribution in [3.63, 3.8) is 0 Å². The monoisotopic (exact) mass is 405 g/mol. The molecule has 0 atom stereocenters. The van der Waals surface area contributed by atoms with Gasteiger partial charge in [-0.05, 0) is 48.9 Å². The highest BCUT2D eigenvalue weighted by Crippen LogP contribution is 2.39. The number of carbonyl (C=O) groups excluding carboxylic acids is 2. The summed E-state index contributed by atoms with van der Waals surface area (Å²) in [6.07, 6.45) is 1.59. The molecule has 5 nitrogen and oxygen atoms in total. The van der Waals surface area contributed by atoms with Gasteiger partial charge >= 0.3 is 0 Å². The summed E-state index contributed by atoms with van der Waals surface area (Å²) in [5.41, 5.74) is 1.66. The molecule has 2 amide bonds. The molecular weight excluding hydrogens is 386 g/mol. The van der Waals surface area contributed by atoms with Gasteiger partial charge in [-0.3, -0.25) is 9.59 Å². The number of hydrogen-bond donors (Lipinski definition) is 0. The third-order valence-corrected chi connectivity index (χ3v) is 5.54. The molecule has 0 bridgehead atoms. The predicted molar refractivity (Wildman–Crippen MR) is 113 cm³/mol. The Bertz CT molecular complexity index is 1040. The van der Waals surface area contributed by atoms with E-state index in [4.69, 9.17) is 9.15 Å². The van der Waals surface area contributed by atoms with Crippen molar-refractivity contribution in [1.29, 1.82) is 0 Å². The molecule has 2 heterocycles. The van der Waals surface area contributed by atoms with Crippen LogP contribution in [0.15, 0.2) is 82.3 Å². The van der Waals surface area contributed by atoms with Gasteiger partial charge in [0.1, 0.15) is 11.5 Å². The number of ether oxygens (including phenoxy) is 1. The Morgan fingerprint density at radius 3 is 2.34 bits per heavy atom. The maximum atomic E-state index is 13.3. The molecule has 1 aliphatic rings. The van der Waals surface area contributed by atoms with Crippen molar-refractivity contribution in [3.05, 3.63) is 89.2 Å². The number of hydrogen-bond acceptors (Lipinski definition) is 5. The molecule has 0 fully saturated rings. The van der Waals surface area contributed by atoms with E-state index in [9.17, 15) is 9.59 Å². The molecule has 29 heavy (non-hydrogen) atoms. The number of carbonyl (C=O) groups is 2. The quantitative estimate of drug-likeness (QED) is 0.524. The second-order valence-corrected chi connectivity index (χ2v) is 7.30.